The summed E-state index contributed by atoms with van der Waals surface area (Å²) in [5.41, 5.74) is 1.02. The number of methoxy groups -OCH3 is 1. The molecule has 1 aliphatic heterocycles. The van der Waals surface area contributed by atoms with E-state index < -0.39 is 0 Å². The van der Waals surface area contributed by atoms with Gasteiger partial charge in [0.2, 0.25) is 5.91 Å². The van der Waals surface area contributed by atoms with E-state index >= 15 is 0 Å². The van der Waals surface area contributed by atoms with Gasteiger partial charge in [-0.05, 0) is 25.3 Å². The van der Waals surface area contributed by atoms with E-state index in [0.717, 1.165) is 11.3 Å². The average Bonchev–Trinajstić information content (AvgIpc) is 2.73. The minimum Gasteiger partial charge on any atom is -0.496 e. The fourth-order valence-electron chi connectivity index (χ4n) is 2.70. The lowest BCUT2D eigenvalue weighted by molar-refractivity contribution is -0.134. The van der Waals surface area contributed by atoms with Crippen molar-refractivity contribution in [2.75, 3.05) is 7.11 Å². The van der Waals surface area contributed by atoms with Gasteiger partial charge in [-0.3, -0.25) is 10.1 Å². The summed E-state index contributed by atoms with van der Waals surface area (Å²) in [6.45, 7) is 10.5. The number of nitrogens with zero attached hydrogens (tertiary/aromatic N) is 1. The van der Waals surface area contributed by atoms with Crippen LogP contribution in [0.25, 0.3) is 0 Å². The Morgan fingerprint density at radius 1 is 1.29 bits per heavy atom. The number of carbonyl (C=O) groups is 1. The zero-order chi connectivity index (χ0) is 15.8. The molecule has 1 N–H and O–H groups in total. The Balaban J connectivity index is 2.43. The second kappa shape index (κ2) is 5.68. The Hall–Kier alpha value is -1.55. The molecule has 0 aromatic heterocycles. The summed E-state index contributed by atoms with van der Waals surface area (Å²) < 4.78 is 5.46. The van der Waals surface area contributed by atoms with Crippen molar-refractivity contribution in [1.29, 1.82) is 0 Å². The molecule has 1 aromatic rings. The van der Waals surface area contributed by atoms with Gasteiger partial charge in [0, 0.05) is 11.6 Å². The van der Waals surface area contributed by atoms with Crippen molar-refractivity contribution in [2.24, 2.45) is 5.41 Å². The smallest absolute Gasteiger partial charge is 0.241 e. The number of nitrogens with one attached hydrogen (secondary N) is 1. The Bertz CT molecular complexity index is 522. The third kappa shape index (κ3) is 2.91. The van der Waals surface area contributed by atoms with Gasteiger partial charge in [-0.25, -0.2) is 0 Å². The highest BCUT2D eigenvalue weighted by Gasteiger charge is 2.43. The molecule has 1 aromatic carbocycles. The summed E-state index contributed by atoms with van der Waals surface area (Å²) in [6, 6.07) is 7.82. The quantitative estimate of drug-likeness (QED) is 0.930. The lowest BCUT2D eigenvalue weighted by Crippen LogP contribution is -2.45. The van der Waals surface area contributed by atoms with Crippen molar-refractivity contribution in [1.82, 2.24) is 10.2 Å². The van der Waals surface area contributed by atoms with Crippen molar-refractivity contribution in [3.8, 4) is 5.75 Å². The van der Waals surface area contributed by atoms with Crippen molar-refractivity contribution in [2.45, 2.75) is 52.9 Å². The molecule has 21 heavy (non-hydrogen) atoms. The van der Waals surface area contributed by atoms with E-state index in [1.807, 2.05) is 36.1 Å². The standard InChI is InChI=1S/C17H26N2O2/c1-11-16(20)19(12(2)17(3,4)5)15(18-11)13-9-7-8-10-14(13)21-6/h7-12,15,18H,1-6H3. The summed E-state index contributed by atoms with van der Waals surface area (Å²) in [6.07, 6.45) is -0.141. The first-order valence-electron chi connectivity index (χ1n) is 7.48. The highest BCUT2D eigenvalue weighted by molar-refractivity contribution is 5.84. The Morgan fingerprint density at radius 3 is 2.48 bits per heavy atom. The molecule has 2 rings (SSSR count). The van der Waals surface area contributed by atoms with Crippen LogP contribution in [-0.2, 0) is 4.79 Å². The maximum Gasteiger partial charge on any atom is 0.241 e. The van der Waals surface area contributed by atoms with Crippen LogP contribution in [0.4, 0.5) is 0 Å². The van der Waals surface area contributed by atoms with E-state index in [1.165, 1.54) is 0 Å². The van der Waals surface area contributed by atoms with E-state index in [1.54, 1.807) is 7.11 Å². The number of ether oxygens (including phenoxy) is 1. The second-order valence-corrected chi connectivity index (χ2v) is 6.82. The van der Waals surface area contributed by atoms with E-state index in [-0.39, 0.29) is 29.6 Å². The molecule has 3 unspecified atom stereocenters. The Kier molecular flexibility index (Phi) is 4.28. The molecule has 1 amide bonds. The molecule has 1 saturated heterocycles. The monoisotopic (exact) mass is 290 g/mol. The molecule has 4 heteroatoms. The second-order valence-electron chi connectivity index (χ2n) is 6.82. The minimum absolute atomic E-state index is 0.0155. The summed E-state index contributed by atoms with van der Waals surface area (Å²) in [4.78, 5) is 14.6. The van der Waals surface area contributed by atoms with Crippen molar-refractivity contribution in [3.63, 3.8) is 0 Å². The van der Waals surface area contributed by atoms with E-state index in [4.69, 9.17) is 4.74 Å². The lowest BCUT2D eigenvalue weighted by Gasteiger charge is -2.39. The van der Waals surface area contributed by atoms with E-state index in [0.29, 0.717) is 0 Å². The van der Waals surface area contributed by atoms with Crippen molar-refractivity contribution >= 4 is 5.91 Å². The first kappa shape index (κ1) is 15.8. The topological polar surface area (TPSA) is 41.6 Å². The third-order valence-corrected chi connectivity index (χ3v) is 4.42. The predicted octanol–water partition coefficient (Wildman–Crippen LogP) is 2.95. The Morgan fingerprint density at radius 2 is 1.90 bits per heavy atom. The van der Waals surface area contributed by atoms with Gasteiger partial charge < -0.3 is 9.64 Å². The van der Waals surface area contributed by atoms with Gasteiger partial charge in [0.1, 0.15) is 11.9 Å². The Labute approximate surface area is 127 Å². The number of para-hydroxylation sites is 1. The van der Waals surface area contributed by atoms with Gasteiger partial charge in [0.15, 0.2) is 0 Å². The molecule has 116 valence electrons. The molecule has 0 aliphatic carbocycles. The van der Waals surface area contributed by atoms with Crippen LogP contribution in [0, 0.1) is 5.41 Å². The molecule has 4 nitrogen and oxygen atoms in total. The van der Waals surface area contributed by atoms with Crippen molar-refractivity contribution < 1.29 is 9.53 Å². The van der Waals surface area contributed by atoms with Gasteiger partial charge in [0.05, 0.1) is 13.2 Å². The summed E-state index contributed by atoms with van der Waals surface area (Å²) in [7, 11) is 1.66. The number of rotatable bonds is 3. The molecule has 3 atom stereocenters. The normalized spacial score (nSPS) is 24.3. The average molecular weight is 290 g/mol. The molecule has 1 heterocycles. The SMILES string of the molecule is COc1ccccc1C1NC(C)C(=O)N1C(C)C(C)(C)C. The summed E-state index contributed by atoms with van der Waals surface area (Å²) in [5.74, 6) is 0.955. The van der Waals surface area contributed by atoms with E-state index in [9.17, 15) is 4.79 Å². The number of hydrogen-bond acceptors (Lipinski definition) is 3. The van der Waals surface area contributed by atoms with Crippen LogP contribution in [0.2, 0.25) is 0 Å². The van der Waals surface area contributed by atoms with Crippen LogP contribution in [0.1, 0.15) is 46.3 Å². The van der Waals surface area contributed by atoms with Gasteiger partial charge in [-0.1, -0.05) is 39.0 Å². The first-order valence-corrected chi connectivity index (χ1v) is 7.48. The molecule has 0 saturated carbocycles. The van der Waals surface area contributed by atoms with Crippen LogP contribution in [0.3, 0.4) is 0 Å². The van der Waals surface area contributed by atoms with Crippen LogP contribution < -0.4 is 10.1 Å². The number of benzene rings is 1. The number of amides is 1. The zero-order valence-corrected chi connectivity index (χ0v) is 13.8. The van der Waals surface area contributed by atoms with Gasteiger partial charge in [0.25, 0.3) is 0 Å². The zero-order valence-electron chi connectivity index (χ0n) is 13.8. The summed E-state index contributed by atoms with van der Waals surface area (Å²) >= 11 is 0. The van der Waals surface area contributed by atoms with Gasteiger partial charge in [-0.15, -0.1) is 0 Å². The minimum atomic E-state index is -0.176. The third-order valence-electron chi connectivity index (χ3n) is 4.42. The fraction of sp³-hybridized carbons (Fsp3) is 0.588. The first-order chi connectivity index (χ1) is 9.77. The predicted molar refractivity (Wildman–Crippen MR) is 84.1 cm³/mol. The summed E-state index contributed by atoms with van der Waals surface area (Å²) in [5, 5.41) is 3.39. The van der Waals surface area contributed by atoms with E-state index in [2.05, 4.69) is 33.0 Å². The molecule has 0 bridgehead atoms. The molecular weight excluding hydrogens is 264 g/mol. The maximum atomic E-state index is 12.6. The number of hydrogen-bond donors (Lipinski definition) is 1. The van der Waals surface area contributed by atoms with Crippen LogP contribution in [0.15, 0.2) is 24.3 Å². The molecule has 1 aliphatic rings. The maximum absolute atomic E-state index is 12.6. The highest BCUT2D eigenvalue weighted by Crippen LogP contribution is 2.37. The molecule has 1 fully saturated rings. The molecule has 0 spiro atoms. The van der Waals surface area contributed by atoms with Gasteiger partial charge >= 0.3 is 0 Å². The molecular formula is C17H26N2O2. The largest absolute Gasteiger partial charge is 0.496 e. The van der Waals surface area contributed by atoms with Crippen LogP contribution in [0.5, 0.6) is 5.75 Å². The fourth-order valence-corrected chi connectivity index (χ4v) is 2.70. The number of carbonyl (C=O) groups excluding carboxylic acids is 1. The molecule has 0 radical (unpaired) electrons. The van der Waals surface area contributed by atoms with Crippen LogP contribution in [-0.4, -0.2) is 30.0 Å². The van der Waals surface area contributed by atoms with Crippen LogP contribution >= 0.6 is 0 Å². The van der Waals surface area contributed by atoms with Crippen molar-refractivity contribution in [3.05, 3.63) is 29.8 Å². The van der Waals surface area contributed by atoms with Gasteiger partial charge in [-0.2, -0.15) is 0 Å². The highest BCUT2D eigenvalue weighted by atomic mass is 16.5. The lowest BCUT2D eigenvalue weighted by atomic mass is 9.86.